The molecule has 3 rings (SSSR count). The Balaban J connectivity index is 1.68. The molecule has 1 heterocycles. The predicted molar refractivity (Wildman–Crippen MR) is 97.0 cm³/mol. The average molecular weight is 376 g/mol. The fourth-order valence-electron chi connectivity index (χ4n) is 2.11. The molecular weight excluding hydrogens is 363 g/mol. The number of nitrogens with zero attached hydrogens (tertiary/aromatic N) is 3. The van der Waals surface area contributed by atoms with Crippen molar-refractivity contribution in [2.75, 3.05) is 5.32 Å². The summed E-state index contributed by atoms with van der Waals surface area (Å²) in [7, 11) is 0. The standard InChI is InChI=1S/C16H13FN4O2S2/c1-10(11-4-2-7-14(8-11)21(22)23)24-16-20-19-15(25-16)18-13-6-3-5-12(17)9-13/h2-10H,1H3,(H,18,19)/t10-/m0/s1. The van der Waals surface area contributed by atoms with E-state index >= 15 is 0 Å². The first-order chi connectivity index (χ1) is 12.0. The minimum absolute atomic E-state index is 0.0186. The van der Waals surface area contributed by atoms with Crippen LogP contribution in [0.25, 0.3) is 0 Å². The zero-order valence-electron chi connectivity index (χ0n) is 13.0. The van der Waals surface area contributed by atoms with E-state index in [0.717, 1.165) is 9.90 Å². The maximum atomic E-state index is 13.2. The number of nitrogens with one attached hydrogen (secondary N) is 1. The van der Waals surface area contributed by atoms with Gasteiger partial charge in [-0.2, -0.15) is 0 Å². The largest absolute Gasteiger partial charge is 0.330 e. The Bertz CT molecular complexity index is 903. The second-order valence-corrected chi connectivity index (χ2v) is 7.69. The van der Waals surface area contributed by atoms with Crippen LogP contribution in [0, 0.1) is 15.9 Å². The third-order valence-electron chi connectivity index (χ3n) is 3.31. The van der Waals surface area contributed by atoms with Gasteiger partial charge in [-0.25, -0.2) is 4.39 Å². The molecule has 0 bridgehead atoms. The van der Waals surface area contributed by atoms with E-state index in [4.69, 9.17) is 0 Å². The van der Waals surface area contributed by atoms with Crippen LogP contribution in [0.15, 0.2) is 52.9 Å². The van der Waals surface area contributed by atoms with Crippen LogP contribution >= 0.6 is 23.1 Å². The Morgan fingerprint density at radius 1 is 1.24 bits per heavy atom. The SMILES string of the molecule is C[C@H](Sc1nnc(Nc2cccc(F)c2)s1)c1cccc([N+](=O)[O-])c1. The van der Waals surface area contributed by atoms with E-state index in [2.05, 4.69) is 15.5 Å². The average Bonchev–Trinajstić information content (AvgIpc) is 3.02. The molecule has 0 radical (unpaired) electrons. The molecule has 0 saturated carbocycles. The molecule has 1 aromatic heterocycles. The highest BCUT2D eigenvalue weighted by Gasteiger charge is 2.15. The minimum atomic E-state index is -0.410. The number of nitro groups is 1. The molecule has 6 nitrogen and oxygen atoms in total. The second kappa shape index (κ2) is 7.58. The quantitative estimate of drug-likeness (QED) is 0.363. The molecule has 3 aromatic rings. The molecular formula is C16H13FN4O2S2. The number of anilines is 2. The van der Waals surface area contributed by atoms with Crippen LogP contribution in [0.1, 0.15) is 17.7 Å². The summed E-state index contributed by atoms with van der Waals surface area (Å²) >= 11 is 2.80. The number of aromatic nitrogens is 2. The molecule has 2 aromatic carbocycles. The molecule has 128 valence electrons. The predicted octanol–water partition coefficient (Wildman–Crippen LogP) is 5.18. The van der Waals surface area contributed by atoms with Crippen LogP contribution in [0.5, 0.6) is 0 Å². The van der Waals surface area contributed by atoms with Crippen molar-refractivity contribution in [1.29, 1.82) is 0 Å². The molecule has 1 atom stereocenters. The van der Waals surface area contributed by atoms with Gasteiger partial charge in [-0.05, 0) is 30.7 Å². The Hall–Kier alpha value is -2.52. The van der Waals surface area contributed by atoms with E-state index in [1.807, 2.05) is 13.0 Å². The number of non-ortho nitro benzene ring substituents is 1. The maximum absolute atomic E-state index is 13.2. The van der Waals surface area contributed by atoms with E-state index in [9.17, 15) is 14.5 Å². The number of benzene rings is 2. The topological polar surface area (TPSA) is 81.0 Å². The van der Waals surface area contributed by atoms with E-state index in [-0.39, 0.29) is 16.8 Å². The number of hydrogen-bond donors (Lipinski definition) is 1. The highest BCUT2D eigenvalue weighted by Crippen LogP contribution is 2.38. The van der Waals surface area contributed by atoms with Crippen molar-refractivity contribution in [1.82, 2.24) is 10.2 Å². The van der Waals surface area contributed by atoms with Crippen LogP contribution in [0.3, 0.4) is 0 Å². The second-order valence-electron chi connectivity index (χ2n) is 5.12. The van der Waals surface area contributed by atoms with Gasteiger partial charge in [0.2, 0.25) is 5.13 Å². The van der Waals surface area contributed by atoms with Gasteiger partial charge in [0, 0.05) is 23.1 Å². The van der Waals surface area contributed by atoms with Crippen LogP contribution in [-0.4, -0.2) is 15.1 Å². The molecule has 25 heavy (non-hydrogen) atoms. The monoisotopic (exact) mass is 376 g/mol. The van der Waals surface area contributed by atoms with Gasteiger partial charge in [0.05, 0.1) is 4.92 Å². The fourth-order valence-corrected chi connectivity index (χ4v) is 4.14. The molecule has 0 saturated heterocycles. The van der Waals surface area contributed by atoms with Gasteiger partial charge in [0.25, 0.3) is 5.69 Å². The first-order valence-electron chi connectivity index (χ1n) is 7.28. The lowest BCUT2D eigenvalue weighted by atomic mass is 10.1. The Kier molecular flexibility index (Phi) is 5.25. The Labute approximate surface area is 151 Å². The molecule has 0 spiro atoms. The summed E-state index contributed by atoms with van der Waals surface area (Å²) in [6.45, 7) is 1.95. The van der Waals surface area contributed by atoms with E-state index < -0.39 is 4.92 Å². The van der Waals surface area contributed by atoms with E-state index in [1.165, 1.54) is 41.3 Å². The zero-order valence-corrected chi connectivity index (χ0v) is 14.7. The first-order valence-corrected chi connectivity index (χ1v) is 8.98. The van der Waals surface area contributed by atoms with Gasteiger partial charge >= 0.3 is 0 Å². The minimum Gasteiger partial charge on any atom is -0.330 e. The highest BCUT2D eigenvalue weighted by atomic mass is 32.2. The molecule has 9 heteroatoms. The summed E-state index contributed by atoms with van der Waals surface area (Å²) in [6.07, 6.45) is 0. The van der Waals surface area contributed by atoms with E-state index in [0.29, 0.717) is 10.8 Å². The third kappa shape index (κ3) is 4.52. The van der Waals surface area contributed by atoms with Crippen molar-refractivity contribution in [3.63, 3.8) is 0 Å². The number of rotatable bonds is 6. The molecule has 0 unspecified atom stereocenters. The highest BCUT2D eigenvalue weighted by molar-refractivity contribution is 8.01. The lowest BCUT2D eigenvalue weighted by Crippen LogP contribution is -1.92. The summed E-state index contributed by atoms with van der Waals surface area (Å²) in [5, 5.41) is 22.6. The molecule has 0 aliphatic carbocycles. The van der Waals surface area contributed by atoms with Crippen molar-refractivity contribution in [3.05, 3.63) is 70.0 Å². The lowest BCUT2D eigenvalue weighted by Gasteiger charge is -2.08. The van der Waals surface area contributed by atoms with E-state index in [1.54, 1.807) is 24.3 Å². The van der Waals surface area contributed by atoms with Crippen LogP contribution in [0.2, 0.25) is 0 Å². The summed E-state index contributed by atoms with van der Waals surface area (Å²) in [4.78, 5) is 10.5. The normalized spacial score (nSPS) is 11.9. The molecule has 0 aliphatic rings. The van der Waals surface area contributed by atoms with Crippen LogP contribution in [0.4, 0.5) is 20.9 Å². The van der Waals surface area contributed by atoms with Crippen molar-refractivity contribution in [2.24, 2.45) is 0 Å². The zero-order chi connectivity index (χ0) is 17.8. The van der Waals surface area contributed by atoms with Gasteiger partial charge in [-0.15, -0.1) is 10.2 Å². The number of thioether (sulfide) groups is 1. The molecule has 0 fully saturated rings. The van der Waals surface area contributed by atoms with Gasteiger partial charge in [0.1, 0.15) is 5.82 Å². The number of nitro benzene ring substituents is 1. The summed E-state index contributed by atoms with van der Waals surface area (Å²) in [6, 6.07) is 12.6. The van der Waals surface area contributed by atoms with Gasteiger partial charge in [-0.1, -0.05) is 41.3 Å². The van der Waals surface area contributed by atoms with Crippen LogP contribution < -0.4 is 5.32 Å². The first kappa shape index (κ1) is 17.3. The van der Waals surface area contributed by atoms with Crippen LogP contribution in [-0.2, 0) is 0 Å². The molecule has 0 aliphatic heterocycles. The molecule has 1 N–H and O–H groups in total. The molecule has 0 amide bonds. The van der Waals surface area contributed by atoms with Crippen molar-refractivity contribution >= 4 is 39.6 Å². The fraction of sp³-hybridized carbons (Fsp3) is 0.125. The van der Waals surface area contributed by atoms with Crippen molar-refractivity contribution < 1.29 is 9.31 Å². The maximum Gasteiger partial charge on any atom is 0.269 e. The van der Waals surface area contributed by atoms with Gasteiger partial charge < -0.3 is 5.32 Å². The summed E-state index contributed by atoms with van der Waals surface area (Å²) in [5.74, 6) is -0.330. The van der Waals surface area contributed by atoms with Crippen molar-refractivity contribution in [3.8, 4) is 0 Å². The van der Waals surface area contributed by atoms with Crippen molar-refractivity contribution in [2.45, 2.75) is 16.5 Å². The Morgan fingerprint density at radius 2 is 2.04 bits per heavy atom. The number of halogens is 1. The number of hydrogen-bond acceptors (Lipinski definition) is 7. The summed E-state index contributed by atoms with van der Waals surface area (Å²) in [5.41, 5.74) is 1.50. The Morgan fingerprint density at radius 3 is 2.80 bits per heavy atom. The third-order valence-corrected chi connectivity index (χ3v) is 5.39. The lowest BCUT2D eigenvalue weighted by molar-refractivity contribution is -0.384. The van der Waals surface area contributed by atoms with Gasteiger partial charge in [0.15, 0.2) is 4.34 Å². The smallest absolute Gasteiger partial charge is 0.269 e. The summed E-state index contributed by atoms with van der Waals surface area (Å²) < 4.78 is 13.9. The van der Waals surface area contributed by atoms with Gasteiger partial charge in [-0.3, -0.25) is 10.1 Å².